The van der Waals surface area contributed by atoms with Gasteiger partial charge in [0.25, 0.3) is 5.69 Å². The highest BCUT2D eigenvalue weighted by atomic mass is 79.9. The number of nitro benzene ring substituents is 1. The summed E-state index contributed by atoms with van der Waals surface area (Å²) in [5.41, 5.74) is 1.43. The highest BCUT2D eigenvalue weighted by Gasteiger charge is 2.32. The highest BCUT2D eigenvalue weighted by molar-refractivity contribution is 9.10. The Labute approximate surface area is 179 Å². The molecule has 154 valence electrons. The lowest BCUT2D eigenvalue weighted by molar-refractivity contribution is -0.384. The molecular weight excluding hydrogens is 436 g/mol. The van der Waals surface area contributed by atoms with Crippen molar-refractivity contribution in [3.05, 3.63) is 68.7 Å². The number of rotatable bonds is 6. The third-order valence-corrected chi connectivity index (χ3v) is 6.04. The van der Waals surface area contributed by atoms with E-state index in [9.17, 15) is 14.9 Å². The zero-order valence-corrected chi connectivity index (χ0v) is 18.1. The van der Waals surface area contributed by atoms with Gasteiger partial charge in [0.05, 0.1) is 10.6 Å². The number of likely N-dealkylation sites (tertiary alicyclic amines) is 1. The number of benzene rings is 2. The van der Waals surface area contributed by atoms with Crippen molar-refractivity contribution in [3.63, 3.8) is 0 Å². The molecule has 1 heterocycles. The van der Waals surface area contributed by atoms with Crippen LogP contribution in [0.15, 0.2) is 53.0 Å². The molecule has 1 aliphatic heterocycles. The third kappa shape index (κ3) is 5.20. The number of hydrogen-bond donors (Lipinski definition) is 1. The molecule has 0 spiro atoms. The Kier molecular flexibility index (Phi) is 7.00. The standard InChI is InChI=1S/C21H25BrN4O3/c1-24(2)16-10-12-25(13-11-16)20(15-6-4-3-5-7-15)21(27)23-19-9-8-17(26(28)29)14-18(19)22/h3-9,14,16,20H,10-13H2,1-2H3,(H,23,27). The van der Waals surface area contributed by atoms with E-state index in [-0.39, 0.29) is 11.6 Å². The maximum atomic E-state index is 13.3. The van der Waals surface area contributed by atoms with E-state index in [1.165, 1.54) is 12.1 Å². The fourth-order valence-corrected chi connectivity index (χ4v) is 4.21. The van der Waals surface area contributed by atoms with Gasteiger partial charge in [-0.3, -0.25) is 19.8 Å². The van der Waals surface area contributed by atoms with E-state index in [0.717, 1.165) is 31.5 Å². The van der Waals surface area contributed by atoms with E-state index in [1.54, 1.807) is 6.07 Å². The van der Waals surface area contributed by atoms with Crippen molar-refractivity contribution in [1.29, 1.82) is 0 Å². The van der Waals surface area contributed by atoms with Gasteiger partial charge in [-0.15, -0.1) is 0 Å². The molecule has 3 rings (SSSR count). The maximum absolute atomic E-state index is 13.3. The topological polar surface area (TPSA) is 78.7 Å². The van der Waals surface area contributed by atoms with Crippen LogP contribution >= 0.6 is 15.9 Å². The van der Waals surface area contributed by atoms with Crippen molar-refractivity contribution < 1.29 is 9.72 Å². The van der Waals surface area contributed by atoms with Crippen molar-refractivity contribution >= 4 is 33.2 Å². The minimum absolute atomic E-state index is 0.0276. The van der Waals surface area contributed by atoms with E-state index in [0.29, 0.717) is 16.2 Å². The summed E-state index contributed by atoms with van der Waals surface area (Å²) >= 11 is 3.33. The molecule has 29 heavy (non-hydrogen) atoms. The maximum Gasteiger partial charge on any atom is 0.270 e. The first kappa shape index (κ1) is 21.4. The first-order chi connectivity index (χ1) is 13.9. The summed E-state index contributed by atoms with van der Waals surface area (Å²) in [7, 11) is 4.18. The summed E-state index contributed by atoms with van der Waals surface area (Å²) in [5, 5.41) is 13.9. The Morgan fingerprint density at radius 1 is 1.21 bits per heavy atom. The Balaban J connectivity index is 1.81. The lowest BCUT2D eigenvalue weighted by Crippen LogP contribution is -2.46. The fraction of sp³-hybridized carbons (Fsp3) is 0.381. The molecule has 0 radical (unpaired) electrons. The number of nitrogens with one attached hydrogen (secondary N) is 1. The predicted molar refractivity (Wildman–Crippen MR) is 117 cm³/mol. The Morgan fingerprint density at radius 2 is 1.86 bits per heavy atom. The molecule has 0 aromatic heterocycles. The molecule has 0 bridgehead atoms. The minimum atomic E-state index is -0.460. The number of amides is 1. The van der Waals surface area contributed by atoms with Gasteiger partial charge in [0.2, 0.25) is 5.91 Å². The normalized spacial score (nSPS) is 16.6. The quantitative estimate of drug-likeness (QED) is 0.519. The van der Waals surface area contributed by atoms with E-state index in [4.69, 9.17) is 0 Å². The second-order valence-corrected chi connectivity index (χ2v) is 8.31. The molecule has 0 aliphatic carbocycles. The molecule has 8 heteroatoms. The molecule has 1 fully saturated rings. The average Bonchev–Trinajstić information content (AvgIpc) is 2.71. The van der Waals surface area contributed by atoms with Crippen molar-refractivity contribution in [3.8, 4) is 0 Å². The van der Waals surface area contributed by atoms with Crippen molar-refractivity contribution in [2.45, 2.75) is 24.9 Å². The number of nitro groups is 1. The van der Waals surface area contributed by atoms with E-state index >= 15 is 0 Å². The van der Waals surface area contributed by atoms with Gasteiger partial charge in [0.1, 0.15) is 6.04 Å². The van der Waals surface area contributed by atoms with Gasteiger partial charge in [0.15, 0.2) is 0 Å². The van der Waals surface area contributed by atoms with Crippen LogP contribution in [0.4, 0.5) is 11.4 Å². The predicted octanol–water partition coefficient (Wildman–Crippen LogP) is 4.06. The Morgan fingerprint density at radius 3 is 2.41 bits per heavy atom. The van der Waals surface area contributed by atoms with Crippen LogP contribution in [0.25, 0.3) is 0 Å². The first-order valence-corrected chi connectivity index (χ1v) is 10.4. The summed E-state index contributed by atoms with van der Waals surface area (Å²) in [6.45, 7) is 1.66. The number of piperidine rings is 1. The molecule has 1 unspecified atom stereocenters. The summed E-state index contributed by atoms with van der Waals surface area (Å²) < 4.78 is 0.484. The third-order valence-electron chi connectivity index (χ3n) is 5.38. The summed E-state index contributed by atoms with van der Waals surface area (Å²) in [5.74, 6) is -0.144. The SMILES string of the molecule is CN(C)C1CCN(C(C(=O)Nc2ccc([N+](=O)[O-])cc2Br)c2ccccc2)CC1. The molecule has 1 saturated heterocycles. The van der Waals surface area contributed by atoms with Crippen LogP contribution in [0.5, 0.6) is 0 Å². The fourth-order valence-electron chi connectivity index (χ4n) is 3.74. The Bertz CT molecular complexity index is 867. The van der Waals surface area contributed by atoms with Crippen LogP contribution in [0.1, 0.15) is 24.4 Å². The number of carbonyl (C=O) groups excluding carboxylic acids is 1. The average molecular weight is 461 g/mol. The van der Waals surface area contributed by atoms with Gasteiger partial charge in [-0.25, -0.2) is 0 Å². The van der Waals surface area contributed by atoms with Crippen LogP contribution in [-0.2, 0) is 4.79 Å². The number of non-ortho nitro benzene ring substituents is 1. The molecule has 0 saturated carbocycles. The van der Waals surface area contributed by atoms with E-state index < -0.39 is 11.0 Å². The number of carbonyl (C=O) groups is 1. The number of halogens is 1. The number of hydrogen-bond acceptors (Lipinski definition) is 5. The van der Waals surface area contributed by atoms with Gasteiger partial charge in [0, 0.05) is 35.7 Å². The van der Waals surface area contributed by atoms with Gasteiger partial charge in [-0.2, -0.15) is 0 Å². The summed E-state index contributed by atoms with van der Waals surface area (Å²) in [4.78, 5) is 28.2. The first-order valence-electron chi connectivity index (χ1n) is 9.57. The van der Waals surface area contributed by atoms with Gasteiger partial charge in [-0.1, -0.05) is 30.3 Å². The zero-order valence-electron chi connectivity index (χ0n) is 16.5. The number of anilines is 1. The van der Waals surface area contributed by atoms with Gasteiger partial charge >= 0.3 is 0 Å². The van der Waals surface area contributed by atoms with E-state index in [1.807, 2.05) is 30.3 Å². The van der Waals surface area contributed by atoms with Crippen LogP contribution in [0, 0.1) is 10.1 Å². The van der Waals surface area contributed by atoms with Crippen LogP contribution in [-0.4, -0.2) is 53.9 Å². The summed E-state index contributed by atoms with van der Waals surface area (Å²) in [6, 6.07) is 14.2. The van der Waals surface area contributed by atoms with Crippen molar-refractivity contribution in [1.82, 2.24) is 9.80 Å². The van der Waals surface area contributed by atoms with Gasteiger partial charge < -0.3 is 10.2 Å². The molecule has 1 amide bonds. The molecule has 1 aliphatic rings. The van der Waals surface area contributed by atoms with E-state index in [2.05, 4.69) is 45.1 Å². The molecule has 2 aromatic carbocycles. The molecule has 7 nitrogen and oxygen atoms in total. The minimum Gasteiger partial charge on any atom is -0.323 e. The van der Waals surface area contributed by atoms with Crippen LogP contribution in [0.3, 0.4) is 0 Å². The monoisotopic (exact) mass is 460 g/mol. The second kappa shape index (κ2) is 9.47. The summed E-state index contributed by atoms with van der Waals surface area (Å²) in [6.07, 6.45) is 2.01. The second-order valence-electron chi connectivity index (χ2n) is 7.45. The zero-order chi connectivity index (χ0) is 21.0. The number of nitrogens with zero attached hydrogens (tertiary/aromatic N) is 3. The smallest absolute Gasteiger partial charge is 0.270 e. The lowest BCUT2D eigenvalue weighted by atomic mass is 9.98. The molecule has 1 atom stereocenters. The van der Waals surface area contributed by atoms with Crippen LogP contribution in [0.2, 0.25) is 0 Å². The van der Waals surface area contributed by atoms with Crippen molar-refractivity contribution in [2.24, 2.45) is 0 Å². The van der Waals surface area contributed by atoms with Gasteiger partial charge in [-0.05, 0) is 54.5 Å². The molecule has 1 N–H and O–H groups in total. The van der Waals surface area contributed by atoms with Crippen LogP contribution < -0.4 is 5.32 Å². The highest BCUT2D eigenvalue weighted by Crippen LogP contribution is 2.31. The molecular formula is C21H25BrN4O3. The lowest BCUT2D eigenvalue weighted by Gasteiger charge is -2.39. The largest absolute Gasteiger partial charge is 0.323 e. The Hall–Kier alpha value is -2.29. The molecule has 2 aromatic rings. The van der Waals surface area contributed by atoms with Crippen molar-refractivity contribution in [2.75, 3.05) is 32.5 Å².